The molecular formula is C17H21N3O3S. The van der Waals surface area contributed by atoms with Gasteiger partial charge in [-0.3, -0.25) is 9.48 Å². The molecule has 1 aliphatic rings. The van der Waals surface area contributed by atoms with E-state index in [1.165, 1.54) is 16.2 Å². The van der Waals surface area contributed by atoms with Gasteiger partial charge in [0.2, 0.25) is 0 Å². The maximum atomic E-state index is 12.5. The van der Waals surface area contributed by atoms with E-state index < -0.39 is 0 Å². The van der Waals surface area contributed by atoms with E-state index in [4.69, 9.17) is 4.74 Å². The monoisotopic (exact) mass is 347 g/mol. The van der Waals surface area contributed by atoms with Gasteiger partial charge in [0.1, 0.15) is 5.00 Å². The van der Waals surface area contributed by atoms with Crippen molar-refractivity contribution in [3.8, 4) is 0 Å². The fraction of sp³-hybridized carbons (Fsp3) is 0.471. The van der Waals surface area contributed by atoms with Crippen LogP contribution in [0, 0.1) is 6.92 Å². The molecule has 0 aliphatic heterocycles. The van der Waals surface area contributed by atoms with E-state index in [-0.39, 0.29) is 11.9 Å². The first-order chi connectivity index (χ1) is 11.5. The van der Waals surface area contributed by atoms with Crippen LogP contribution in [0.3, 0.4) is 0 Å². The highest BCUT2D eigenvalue weighted by Gasteiger charge is 2.27. The minimum atomic E-state index is -0.357. The zero-order chi connectivity index (χ0) is 17.3. The molecule has 2 heterocycles. The average Bonchev–Trinajstić information content (AvgIpc) is 3.07. The van der Waals surface area contributed by atoms with Gasteiger partial charge >= 0.3 is 5.97 Å². The van der Waals surface area contributed by atoms with Crippen LogP contribution in [0.2, 0.25) is 0 Å². The topological polar surface area (TPSA) is 73.2 Å². The Morgan fingerprint density at radius 2 is 2.12 bits per heavy atom. The number of aromatic nitrogens is 2. The summed E-state index contributed by atoms with van der Waals surface area (Å²) in [6.45, 7) is 3.99. The molecule has 0 atom stereocenters. The number of thiophene rings is 1. The fourth-order valence-corrected chi connectivity index (χ4v) is 4.18. The molecule has 3 rings (SSSR count). The van der Waals surface area contributed by atoms with E-state index in [0.717, 1.165) is 36.9 Å². The molecule has 0 radical (unpaired) electrons. The van der Waals surface area contributed by atoms with E-state index in [2.05, 4.69) is 10.4 Å². The van der Waals surface area contributed by atoms with E-state index in [1.807, 2.05) is 6.92 Å². The van der Waals surface area contributed by atoms with Crippen LogP contribution >= 0.6 is 11.3 Å². The Bertz CT molecular complexity index is 772. The molecule has 0 bridgehead atoms. The summed E-state index contributed by atoms with van der Waals surface area (Å²) in [4.78, 5) is 26.1. The maximum Gasteiger partial charge on any atom is 0.341 e. The molecule has 1 amide bonds. The molecule has 2 aromatic heterocycles. The number of rotatable bonds is 4. The number of nitrogens with zero attached hydrogens (tertiary/aromatic N) is 2. The van der Waals surface area contributed by atoms with Crippen molar-refractivity contribution in [2.75, 3.05) is 11.9 Å². The number of ether oxygens (including phenoxy) is 1. The fourth-order valence-electron chi connectivity index (χ4n) is 2.91. The van der Waals surface area contributed by atoms with Crippen molar-refractivity contribution in [1.82, 2.24) is 9.78 Å². The number of aryl methyl sites for hydroxylation is 3. The SMILES string of the molecule is CCOC(=O)c1c(NC(=O)c2cc(C)n(C)n2)sc2c1CCCC2. The van der Waals surface area contributed by atoms with Crippen LogP contribution < -0.4 is 5.32 Å². The van der Waals surface area contributed by atoms with Crippen molar-refractivity contribution in [3.63, 3.8) is 0 Å². The van der Waals surface area contributed by atoms with Gasteiger partial charge in [0.15, 0.2) is 5.69 Å². The van der Waals surface area contributed by atoms with Crippen LogP contribution in [0.25, 0.3) is 0 Å². The number of hydrogen-bond donors (Lipinski definition) is 1. The van der Waals surface area contributed by atoms with Crippen molar-refractivity contribution >= 4 is 28.2 Å². The first-order valence-electron chi connectivity index (χ1n) is 8.15. The number of carbonyl (C=O) groups excluding carboxylic acids is 2. The quantitative estimate of drug-likeness (QED) is 0.863. The van der Waals surface area contributed by atoms with Gasteiger partial charge in [-0.15, -0.1) is 11.3 Å². The summed E-state index contributed by atoms with van der Waals surface area (Å²) in [7, 11) is 1.79. The molecule has 0 aromatic carbocycles. The highest BCUT2D eigenvalue weighted by molar-refractivity contribution is 7.17. The summed E-state index contributed by atoms with van der Waals surface area (Å²) in [6.07, 6.45) is 3.98. The number of esters is 1. The summed E-state index contributed by atoms with van der Waals surface area (Å²) in [5.74, 6) is -0.660. The first-order valence-corrected chi connectivity index (χ1v) is 8.96. The Hall–Kier alpha value is -2.15. The van der Waals surface area contributed by atoms with Crippen LogP contribution in [-0.2, 0) is 24.6 Å². The van der Waals surface area contributed by atoms with Crippen molar-refractivity contribution in [2.45, 2.75) is 39.5 Å². The molecular weight excluding hydrogens is 326 g/mol. The van der Waals surface area contributed by atoms with Crippen LogP contribution in [0.15, 0.2) is 6.07 Å². The Balaban J connectivity index is 1.93. The maximum absolute atomic E-state index is 12.5. The highest BCUT2D eigenvalue weighted by atomic mass is 32.1. The average molecular weight is 347 g/mol. The highest BCUT2D eigenvalue weighted by Crippen LogP contribution is 2.38. The lowest BCUT2D eigenvalue weighted by Gasteiger charge is -2.12. The summed E-state index contributed by atoms with van der Waals surface area (Å²) < 4.78 is 6.85. The van der Waals surface area contributed by atoms with E-state index in [0.29, 0.717) is 22.9 Å². The molecule has 2 aromatic rings. The Morgan fingerprint density at radius 3 is 2.79 bits per heavy atom. The first kappa shape index (κ1) is 16.7. The van der Waals surface area contributed by atoms with Crippen molar-refractivity contribution in [3.05, 3.63) is 33.5 Å². The van der Waals surface area contributed by atoms with E-state index >= 15 is 0 Å². The lowest BCUT2D eigenvalue weighted by Crippen LogP contribution is -2.16. The second-order valence-electron chi connectivity index (χ2n) is 5.88. The number of fused-ring (bicyclic) bond motifs is 1. The third-order valence-electron chi connectivity index (χ3n) is 4.22. The van der Waals surface area contributed by atoms with Crippen LogP contribution in [0.5, 0.6) is 0 Å². The third kappa shape index (κ3) is 3.08. The summed E-state index contributed by atoms with van der Waals surface area (Å²) >= 11 is 1.48. The number of amides is 1. The molecule has 0 saturated heterocycles. The van der Waals surface area contributed by atoms with Gasteiger partial charge in [-0.05, 0) is 51.2 Å². The van der Waals surface area contributed by atoms with Crippen molar-refractivity contribution in [1.29, 1.82) is 0 Å². The zero-order valence-electron chi connectivity index (χ0n) is 14.1. The molecule has 128 valence electrons. The zero-order valence-corrected chi connectivity index (χ0v) is 15.0. The Labute approximate surface area is 144 Å². The standard InChI is InChI=1S/C17H21N3O3S/c1-4-23-17(22)14-11-7-5-6-8-13(11)24-16(14)18-15(21)12-9-10(2)20(3)19-12/h9H,4-8H2,1-3H3,(H,18,21). The van der Waals surface area contributed by atoms with Gasteiger partial charge in [0.05, 0.1) is 12.2 Å². The molecule has 0 fully saturated rings. The predicted molar refractivity (Wildman–Crippen MR) is 92.8 cm³/mol. The largest absolute Gasteiger partial charge is 0.462 e. The molecule has 6 nitrogen and oxygen atoms in total. The lowest BCUT2D eigenvalue weighted by atomic mass is 9.95. The van der Waals surface area contributed by atoms with Gasteiger partial charge in [-0.2, -0.15) is 5.10 Å². The van der Waals surface area contributed by atoms with Crippen LogP contribution in [-0.4, -0.2) is 28.3 Å². The smallest absolute Gasteiger partial charge is 0.341 e. The van der Waals surface area contributed by atoms with E-state index in [1.54, 1.807) is 24.7 Å². The Morgan fingerprint density at radius 1 is 1.38 bits per heavy atom. The predicted octanol–water partition coefficient (Wildman–Crippen LogP) is 3.10. The van der Waals surface area contributed by atoms with Gasteiger partial charge in [-0.1, -0.05) is 0 Å². The summed E-state index contributed by atoms with van der Waals surface area (Å²) in [5, 5.41) is 7.64. The minimum Gasteiger partial charge on any atom is -0.462 e. The minimum absolute atomic E-state index is 0.303. The van der Waals surface area contributed by atoms with Gasteiger partial charge in [0, 0.05) is 17.6 Å². The molecule has 1 aliphatic carbocycles. The summed E-state index contributed by atoms with van der Waals surface area (Å²) in [6, 6.07) is 1.73. The van der Waals surface area contributed by atoms with E-state index in [9.17, 15) is 9.59 Å². The molecule has 1 N–H and O–H groups in total. The molecule has 7 heteroatoms. The van der Waals surface area contributed by atoms with Gasteiger partial charge in [0.25, 0.3) is 5.91 Å². The van der Waals surface area contributed by atoms with Crippen LogP contribution in [0.1, 0.15) is 56.7 Å². The second kappa shape index (κ2) is 6.76. The summed E-state index contributed by atoms with van der Waals surface area (Å²) in [5.41, 5.74) is 2.81. The number of nitrogens with one attached hydrogen (secondary N) is 1. The number of hydrogen-bond acceptors (Lipinski definition) is 5. The second-order valence-corrected chi connectivity index (χ2v) is 6.99. The number of carbonyl (C=O) groups is 2. The van der Waals surface area contributed by atoms with Crippen molar-refractivity contribution < 1.29 is 14.3 Å². The Kier molecular flexibility index (Phi) is 4.71. The molecule has 24 heavy (non-hydrogen) atoms. The lowest BCUT2D eigenvalue weighted by molar-refractivity contribution is 0.0526. The van der Waals surface area contributed by atoms with Crippen molar-refractivity contribution in [2.24, 2.45) is 7.05 Å². The molecule has 0 saturated carbocycles. The molecule has 0 spiro atoms. The van der Waals surface area contributed by atoms with Gasteiger partial charge < -0.3 is 10.1 Å². The van der Waals surface area contributed by atoms with Crippen LogP contribution in [0.4, 0.5) is 5.00 Å². The number of anilines is 1. The molecule has 0 unspecified atom stereocenters. The normalized spacial score (nSPS) is 13.5. The van der Waals surface area contributed by atoms with Gasteiger partial charge in [-0.25, -0.2) is 4.79 Å². The third-order valence-corrected chi connectivity index (χ3v) is 5.43.